The van der Waals surface area contributed by atoms with Gasteiger partial charge < -0.3 is 9.72 Å². The molecule has 3 aromatic rings. The van der Waals surface area contributed by atoms with Crippen molar-refractivity contribution >= 4 is 34.3 Å². The van der Waals surface area contributed by atoms with E-state index in [1.165, 1.54) is 13.0 Å². The second-order valence-corrected chi connectivity index (χ2v) is 6.11. The maximum atomic E-state index is 13.1. The molecule has 0 fully saturated rings. The monoisotopic (exact) mass is 359 g/mol. The van der Waals surface area contributed by atoms with Crippen molar-refractivity contribution in [3.63, 3.8) is 0 Å². The number of esters is 1. The lowest BCUT2D eigenvalue weighted by molar-refractivity contribution is 0.0319. The number of ether oxygens (including phenoxy) is 1. The molecule has 1 atom stereocenters. The number of H-pyrrole nitrogens is 1. The largest absolute Gasteiger partial charge is 0.451 e. The lowest BCUT2D eigenvalue weighted by Crippen LogP contribution is -2.25. The van der Waals surface area contributed by atoms with Gasteiger partial charge in [0.25, 0.3) is 0 Å². The summed E-state index contributed by atoms with van der Waals surface area (Å²) in [5.41, 5.74) is 2.04. The van der Waals surface area contributed by atoms with Gasteiger partial charge in [0.05, 0.1) is 10.6 Å². The second-order valence-electron chi connectivity index (χ2n) is 5.71. The van der Waals surface area contributed by atoms with Crippen LogP contribution < -0.4 is 0 Å². The quantitative estimate of drug-likeness (QED) is 0.542. The fourth-order valence-electron chi connectivity index (χ4n) is 2.73. The SMILES string of the molecule is Cc1[nH]c2ccccc2c1C(=O)[C@@H](C)OC(=O)c1ccc(F)cc1Cl. The molecular weight excluding hydrogens is 345 g/mol. The molecule has 4 nitrogen and oxygen atoms in total. The Kier molecular flexibility index (Phi) is 4.59. The number of aromatic nitrogens is 1. The minimum absolute atomic E-state index is 0.0124. The van der Waals surface area contributed by atoms with Crippen LogP contribution in [0, 0.1) is 12.7 Å². The summed E-state index contributed by atoms with van der Waals surface area (Å²) in [6.45, 7) is 3.29. The summed E-state index contributed by atoms with van der Waals surface area (Å²) >= 11 is 5.86. The van der Waals surface area contributed by atoms with Crippen LogP contribution in [0.5, 0.6) is 0 Å². The van der Waals surface area contributed by atoms with Gasteiger partial charge in [-0.15, -0.1) is 0 Å². The molecule has 0 bridgehead atoms. The van der Waals surface area contributed by atoms with Crippen LogP contribution in [0.3, 0.4) is 0 Å². The lowest BCUT2D eigenvalue weighted by Gasteiger charge is -2.13. The van der Waals surface area contributed by atoms with Gasteiger partial charge in [-0.25, -0.2) is 9.18 Å². The highest BCUT2D eigenvalue weighted by molar-refractivity contribution is 6.33. The van der Waals surface area contributed by atoms with Crippen LogP contribution >= 0.6 is 11.6 Å². The van der Waals surface area contributed by atoms with Crippen LogP contribution in [0.4, 0.5) is 4.39 Å². The Labute approximate surface area is 148 Å². The van der Waals surface area contributed by atoms with Crippen molar-refractivity contribution in [1.82, 2.24) is 4.98 Å². The molecular formula is C19H15ClFNO3. The van der Waals surface area contributed by atoms with E-state index in [0.29, 0.717) is 11.3 Å². The number of para-hydroxylation sites is 1. The van der Waals surface area contributed by atoms with Crippen LogP contribution in [0.25, 0.3) is 10.9 Å². The molecule has 0 saturated heterocycles. The average molecular weight is 360 g/mol. The third kappa shape index (κ3) is 3.28. The summed E-state index contributed by atoms with van der Waals surface area (Å²) < 4.78 is 18.3. The van der Waals surface area contributed by atoms with Gasteiger partial charge in [-0.2, -0.15) is 0 Å². The van der Waals surface area contributed by atoms with E-state index in [-0.39, 0.29) is 16.4 Å². The Morgan fingerprint density at radius 1 is 1.20 bits per heavy atom. The number of aromatic amines is 1. The van der Waals surface area contributed by atoms with E-state index in [4.69, 9.17) is 16.3 Å². The Bertz CT molecular complexity index is 980. The fraction of sp³-hybridized carbons (Fsp3) is 0.158. The van der Waals surface area contributed by atoms with E-state index < -0.39 is 17.9 Å². The highest BCUT2D eigenvalue weighted by Gasteiger charge is 2.25. The van der Waals surface area contributed by atoms with E-state index in [9.17, 15) is 14.0 Å². The molecule has 2 aromatic carbocycles. The molecule has 0 unspecified atom stereocenters. The number of halogens is 2. The maximum Gasteiger partial charge on any atom is 0.340 e. The number of fused-ring (bicyclic) bond motifs is 1. The van der Waals surface area contributed by atoms with Crippen LogP contribution in [-0.4, -0.2) is 22.8 Å². The summed E-state index contributed by atoms with van der Waals surface area (Å²) in [4.78, 5) is 28.1. The first-order valence-electron chi connectivity index (χ1n) is 7.66. The number of benzene rings is 2. The van der Waals surface area contributed by atoms with E-state index in [2.05, 4.69) is 4.98 Å². The molecule has 3 rings (SSSR count). The normalized spacial score (nSPS) is 12.2. The van der Waals surface area contributed by atoms with Crippen molar-refractivity contribution in [3.05, 3.63) is 70.1 Å². The highest BCUT2D eigenvalue weighted by atomic mass is 35.5. The summed E-state index contributed by atoms with van der Waals surface area (Å²) in [7, 11) is 0. The molecule has 1 N–H and O–H groups in total. The second kappa shape index (κ2) is 6.69. The molecule has 0 amide bonds. The minimum Gasteiger partial charge on any atom is -0.451 e. The molecule has 128 valence electrons. The topological polar surface area (TPSA) is 59.2 Å². The highest BCUT2D eigenvalue weighted by Crippen LogP contribution is 2.25. The number of Topliss-reactive ketones (excluding diaryl/α,β-unsaturated/α-hetero) is 1. The van der Waals surface area contributed by atoms with Crippen molar-refractivity contribution in [2.24, 2.45) is 0 Å². The van der Waals surface area contributed by atoms with Crippen molar-refractivity contribution in [3.8, 4) is 0 Å². The fourth-order valence-corrected chi connectivity index (χ4v) is 2.97. The molecule has 1 aromatic heterocycles. The third-order valence-corrected chi connectivity index (χ3v) is 4.26. The Balaban J connectivity index is 1.85. The van der Waals surface area contributed by atoms with Gasteiger partial charge in [0.15, 0.2) is 6.10 Å². The molecule has 0 spiro atoms. The number of rotatable bonds is 4. The number of hydrogen-bond acceptors (Lipinski definition) is 3. The molecule has 0 aliphatic carbocycles. The molecule has 0 saturated carbocycles. The van der Waals surface area contributed by atoms with Gasteiger partial charge in [-0.3, -0.25) is 4.79 Å². The Morgan fingerprint density at radius 3 is 2.64 bits per heavy atom. The molecule has 1 heterocycles. The summed E-state index contributed by atoms with van der Waals surface area (Å²) in [6.07, 6.45) is -1.01. The van der Waals surface area contributed by atoms with E-state index >= 15 is 0 Å². The van der Waals surface area contributed by atoms with E-state index in [0.717, 1.165) is 23.0 Å². The van der Waals surface area contributed by atoms with E-state index in [1.54, 1.807) is 6.92 Å². The van der Waals surface area contributed by atoms with Crippen LogP contribution in [0.1, 0.15) is 33.3 Å². The number of carbonyl (C=O) groups excluding carboxylic acids is 2. The van der Waals surface area contributed by atoms with Gasteiger partial charge in [-0.05, 0) is 38.1 Å². The molecule has 25 heavy (non-hydrogen) atoms. The molecule has 6 heteroatoms. The summed E-state index contributed by atoms with van der Waals surface area (Å²) in [6, 6.07) is 10.8. The number of nitrogens with one attached hydrogen (secondary N) is 1. The minimum atomic E-state index is -1.01. The first-order valence-corrected chi connectivity index (χ1v) is 8.04. The number of hydrogen-bond donors (Lipinski definition) is 1. The smallest absolute Gasteiger partial charge is 0.340 e. The molecule has 0 aliphatic heterocycles. The number of ketones is 1. The number of carbonyl (C=O) groups is 2. The zero-order chi connectivity index (χ0) is 18.1. The van der Waals surface area contributed by atoms with Crippen molar-refractivity contribution in [2.75, 3.05) is 0 Å². The molecule has 0 radical (unpaired) electrons. The zero-order valence-corrected chi connectivity index (χ0v) is 14.4. The Hall–Kier alpha value is -2.66. The maximum absolute atomic E-state index is 13.1. The Morgan fingerprint density at radius 2 is 1.92 bits per heavy atom. The predicted octanol–water partition coefficient (Wildman–Crippen LogP) is 4.70. The zero-order valence-electron chi connectivity index (χ0n) is 13.6. The van der Waals surface area contributed by atoms with Crippen LogP contribution in [0.2, 0.25) is 5.02 Å². The van der Waals surface area contributed by atoms with Crippen LogP contribution in [-0.2, 0) is 4.74 Å². The predicted molar refractivity (Wildman–Crippen MR) is 93.7 cm³/mol. The first-order chi connectivity index (χ1) is 11.9. The van der Waals surface area contributed by atoms with E-state index in [1.807, 2.05) is 24.3 Å². The number of aryl methyl sites for hydroxylation is 1. The van der Waals surface area contributed by atoms with Gasteiger partial charge in [0.1, 0.15) is 5.82 Å². The third-order valence-electron chi connectivity index (χ3n) is 3.94. The van der Waals surface area contributed by atoms with Gasteiger partial charge in [0, 0.05) is 22.2 Å². The standard InChI is InChI=1S/C19H15ClFNO3/c1-10-17(14-5-3-4-6-16(14)22-10)18(23)11(2)25-19(24)13-8-7-12(21)9-15(13)20/h3-9,11,22H,1-2H3/t11-/m1/s1. The van der Waals surface area contributed by atoms with Crippen LogP contribution in [0.15, 0.2) is 42.5 Å². The van der Waals surface area contributed by atoms with Gasteiger partial charge >= 0.3 is 5.97 Å². The van der Waals surface area contributed by atoms with Crippen molar-refractivity contribution < 1.29 is 18.7 Å². The summed E-state index contributed by atoms with van der Waals surface area (Å²) in [5, 5.41) is 0.709. The lowest BCUT2D eigenvalue weighted by atomic mass is 10.0. The average Bonchev–Trinajstić information content (AvgIpc) is 2.89. The van der Waals surface area contributed by atoms with Crippen molar-refractivity contribution in [1.29, 1.82) is 0 Å². The first kappa shape index (κ1) is 17.2. The molecule has 0 aliphatic rings. The van der Waals surface area contributed by atoms with Gasteiger partial charge in [0.2, 0.25) is 5.78 Å². The van der Waals surface area contributed by atoms with Crippen molar-refractivity contribution in [2.45, 2.75) is 20.0 Å². The summed E-state index contributed by atoms with van der Waals surface area (Å²) in [5.74, 6) is -1.65. The van der Waals surface area contributed by atoms with Gasteiger partial charge in [-0.1, -0.05) is 29.8 Å².